The molecule has 3 aromatic rings. The Labute approximate surface area is 131 Å². The molecule has 2 aromatic carbocycles. The molecule has 0 bridgehead atoms. The number of benzene rings is 2. The quantitative estimate of drug-likeness (QED) is 0.602. The van der Waals surface area contributed by atoms with Gasteiger partial charge in [0.25, 0.3) is 0 Å². The highest BCUT2D eigenvalue weighted by molar-refractivity contribution is 6.31. The van der Waals surface area contributed by atoms with E-state index in [1.807, 2.05) is 30.3 Å². The van der Waals surface area contributed by atoms with Crippen molar-refractivity contribution in [2.45, 2.75) is 0 Å². The largest absolute Gasteiger partial charge is 0.228 e. The first-order valence-electron chi connectivity index (χ1n) is 6.18. The van der Waals surface area contributed by atoms with Crippen LogP contribution in [0.5, 0.6) is 0 Å². The maximum Gasteiger partial charge on any atom is 0.161 e. The summed E-state index contributed by atoms with van der Waals surface area (Å²) < 4.78 is 13.5. The number of hydrogen-bond donors (Lipinski definition) is 0. The van der Waals surface area contributed by atoms with Gasteiger partial charge in [-0.15, -0.1) is 0 Å². The molecule has 0 unspecified atom stereocenters. The molecule has 0 saturated heterocycles. The number of rotatable bonds is 2. The van der Waals surface area contributed by atoms with E-state index in [9.17, 15) is 4.39 Å². The first-order chi connectivity index (χ1) is 10.1. The lowest BCUT2D eigenvalue weighted by molar-refractivity contribution is 0.628. The number of nitrogens with zero attached hydrogens (tertiary/aromatic N) is 2. The highest BCUT2D eigenvalue weighted by Crippen LogP contribution is 2.27. The SMILES string of the molecule is Fc1cc(Cl)cc(-c2cc(Cl)nc(-c3ccccc3)n2)c1. The fourth-order valence-corrected chi connectivity index (χ4v) is 2.39. The van der Waals surface area contributed by atoms with Crippen molar-refractivity contribution in [3.63, 3.8) is 0 Å². The van der Waals surface area contributed by atoms with Gasteiger partial charge in [0.15, 0.2) is 5.82 Å². The van der Waals surface area contributed by atoms with Gasteiger partial charge in [-0.3, -0.25) is 0 Å². The normalized spacial score (nSPS) is 10.6. The smallest absolute Gasteiger partial charge is 0.161 e. The van der Waals surface area contributed by atoms with E-state index in [-0.39, 0.29) is 0 Å². The van der Waals surface area contributed by atoms with E-state index in [4.69, 9.17) is 23.2 Å². The van der Waals surface area contributed by atoms with Crippen LogP contribution in [0, 0.1) is 5.82 Å². The second-order valence-electron chi connectivity index (χ2n) is 4.42. The summed E-state index contributed by atoms with van der Waals surface area (Å²) in [5.74, 6) is 0.0620. The molecule has 1 aromatic heterocycles. The molecule has 104 valence electrons. The summed E-state index contributed by atoms with van der Waals surface area (Å²) in [6.07, 6.45) is 0. The molecule has 3 rings (SSSR count). The van der Waals surface area contributed by atoms with Crippen molar-refractivity contribution in [2.24, 2.45) is 0 Å². The van der Waals surface area contributed by atoms with Crippen LogP contribution >= 0.6 is 23.2 Å². The van der Waals surface area contributed by atoms with Gasteiger partial charge < -0.3 is 0 Å². The minimum absolute atomic E-state index is 0.291. The molecule has 0 atom stereocenters. The molecule has 0 saturated carbocycles. The lowest BCUT2D eigenvalue weighted by Crippen LogP contribution is -1.93. The van der Waals surface area contributed by atoms with Crippen LogP contribution in [0.3, 0.4) is 0 Å². The fourth-order valence-electron chi connectivity index (χ4n) is 1.98. The third-order valence-corrected chi connectivity index (χ3v) is 3.30. The summed E-state index contributed by atoms with van der Waals surface area (Å²) >= 11 is 11.9. The lowest BCUT2D eigenvalue weighted by atomic mass is 10.1. The van der Waals surface area contributed by atoms with Crippen LogP contribution < -0.4 is 0 Å². The summed E-state index contributed by atoms with van der Waals surface area (Å²) in [6, 6.07) is 15.3. The lowest BCUT2D eigenvalue weighted by Gasteiger charge is -2.06. The van der Waals surface area contributed by atoms with E-state index in [0.717, 1.165) is 5.56 Å². The van der Waals surface area contributed by atoms with Crippen LogP contribution in [-0.2, 0) is 0 Å². The van der Waals surface area contributed by atoms with Gasteiger partial charge in [0.05, 0.1) is 5.69 Å². The van der Waals surface area contributed by atoms with E-state index in [1.165, 1.54) is 12.1 Å². The predicted octanol–water partition coefficient (Wildman–Crippen LogP) is 5.26. The van der Waals surface area contributed by atoms with Gasteiger partial charge >= 0.3 is 0 Å². The van der Waals surface area contributed by atoms with Crippen LogP contribution in [0.1, 0.15) is 0 Å². The zero-order valence-corrected chi connectivity index (χ0v) is 12.2. The van der Waals surface area contributed by atoms with Gasteiger partial charge in [-0.05, 0) is 18.2 Å². The van der Waals surface area contributed by atoms with E-state index < -0.39 is 5.82 Å². The summed E-state index contributed by atoms with van der Waals surface area (Å²) in [6.45, 7) is 0. The van der Waals surface area contributed by atoms with Crippen LogP contribution in [-0.4, -0.2) is 9.97 Å². The second kappa shape index (κ2) is 5.80. The topological polar surface area (TPSA) is 25.8 Å². The molecule has 0 N–H and O–H groups in total. The molecule has 0 radical (unpaired) electrons. The van der Waals surface area contributed by atoms with Gasteiger partial charge in [0.2, 0.25) is 0 Å². The van der Waals surface area contributed by atoms with E-state index in [1.54, 1.807) is 12.1 Å². The first-order valence-corrected chi connectivity index (χ1v) is 6.94. The molecule has 2 nitrogen and oxygen atoms in total. The van der Waals surface area contributed by atoms with Crippen molar-refractivity contribution in [3.8, 4) is 22.6 Å². The van der Waals surface area contributed by atoms with Gasteiger partial charge in [-0.25, -0.2) is 14.4 Å². The standard InChI is InChI=1S/C16H9Cl2FN2/c17-12-6-11(7-13(19)8-12)14-9-15(18)21-16(20-14)10-4-2-1-3-5-10/h1-9H. The first kappa shape index (κ1) is 14.0. The maximum atomic E-state index is 13.5. The van der Waals surface area contributed by atoms with Gasteiger partial charge in [0.1, 0.15) is 11.0 Å². The van der Waals surface area contributed by atoms with E-state index in [0.29, 0.717) is 27.3 Å². The highest BCUT2D eigenvalue weighted by atomic mass is 35.5. The minimum Gasteiger partial charge on any atom is -0.228 e. The van der Waals surface area contributed by atoms with Gasteiger partial charge in [-0.2, -0.15) is 0 Å². The highest BCUT2D eigenvalue weighted by Gasteiger charge is 2.09. The second-order valence-corrected chi connectivity index (χ2v) is 5.25. The molecular formula is C16H9Cl2FN2. The molecule has 0 spiro atoms. The molecular weight excluding hydrogens is 310 g/mol. The monoisotopic (exact) mass is 318 g/mol. The fraction of sp³-hybridized carbons (Fsp3) is 0. The Morgan fingerprint density at radius 2 is 1.57 bits per heavy atom. The molecule has 5 heteroatoms. The summed E-state index contributed by atoms with van der Waals surface area (Å²) in [5, 5.41) is 0.597. The number of aromatic nitrogens is 2. The maximum absolute atomic E-state index is 13.5. The zero-order chi connectivity index (χ0) is 14.8. The molecule has 1 heterocycles. The molecule has 0 amide bonds. The van der Waals surface area contributed by atoms with Gasteiger partial charge in [0, 0.05) is 22.2 Å². The third-order valence-electron chi connectivity index (χ3n) is 2.89. The third kappa shape index (κ3) is 3.20. The van der Waals surface area contributed by atoms with E-state index >= 15 is 0 Å². The number of hydrogen-bond acceptors (Lipinski definition) is 2. The summed E-state index contributed by atoms with van der Waals surface area (Å²) in [4.78, 5) is 8.64. The van der Waals surface area contributed by atoms with E-state index in [2.05, 4.69) is 9.97 Å². The Balaban J connectivity index is 2.14. The average molecular weight is 319 g/mol. The predicted molar refractivity (Wildman–Crippen MR) is 82.9 cm³/mol. The van der Waals surface area contributed by atoms with Crippen molar-refractivity contribution in [1.82, 2.24) is 9.97 Å². The van der Waals surface area contributed by atoms with Crippen LogP contribution in [0.4, 0.5) is 4.39 Å². The Morgan fingerprint density at radius 1 is 0.810 bits per heavy atom. The van der Waals surface area contributed by atoms with Crippen molar-refractivity contribution in [1.29, 1.82) is 0 Å². The Kier molecular flexibility index (Phi) is 3.86. The minimum atomic E-state index is -0.423. The molecule has 21 heavy (non-hydrogen) atoms. The average Bonchev–Trinajstić information content (AvgIpc) is 2.46. The number of halogens is 3. The zero-order valence-electron chi connectivity index (χ0n) is 10.7. The van der Waals surface area contributed by atoms with Crippen molar-refractivity contribution < 1.29 is 4.39 Å². The summed E-state index contributed by atoms with van der Waals surface area (Å²) in [5.41, 5.74) is 1.92. The van der Waals surface area contributed by atoms with Crippen LogP contribution in [0.15, 0.2) is 54.6 Å². The van der Waals surface area contributed by atoms with Crippen LogP contribution in [0.2, 0.25) is 10.2 Å². The molecule has 0 aliphatic rings. The molecule has 0 aliphatic carbocycles. The van der Waals surface area contributed by atoms with Crippen molar-refractivity contribution >= 4 is 23.2 Å². The molecule has 0 aliphatic heterocycles. The van der Waals surface area contributed by atoms with Crippen molar-refractivity contribution in [2.75, 3.05) is 0 Å². The van der Waals surface area contributed by atoms with Crippen molar-refractivity contribution in [3.05, 3.63) is 70.6 Å². The van der Waals surface area contributed by atoms with Crippen LogP contribution in [0.25, 0.3) is 22.6 Å². The Hall–Kier alpha value is -1.97. The van der Waals surface area contributed by atoms with Gasteiger partial charge in [-0.1, -0.05) is 53.5 Å². The Bertz CT molecular complexity index is 771. The summed E-state index contributed by atoms with van der Waals surface area (Å²) in [7, 11) is 0. The molecule has 0 fully saturated rings. The Morgan fingerprint density at radius 3 is 2.29 bits per heavy atom.